The van der Waals surface area contributed by atoms with Crippen LogP contribution >= 0.6 is 7.75 Å². The van der Waals surface area contributed by atoms with Crippen molar-refractivity contribution in [3.8, 4) is 5.75 Å². The third kappa shape index (κ3) is 5.37. The van der Waals surface area contributed by atoms with Crippen molar-refractivity contribution in [2.75, 3.05) is 25.4 Å². The van der Waals surface area contributed by atoms with E-state index in [2.05, 4.69) is 15.2 Å². The lowest BCUT2D eigenvalue weighted by Crippen LogP contribution is -2.54. The molecule has 244 valence electrons. The lowest BCUT2D eigenvalue weighted by molar-refractivity contribution is -0.189. The molecular weight excluding hydrogens is 617 g/mol. The third-order valence-electron chi connectivity index (χ3n) is 8.76. The van der Waals surface area contributed by atoms with Gasteiger partial charge in [-0.05, 0) is 44.7 Å². The number of ether oxygens (including phenoxy) is 2. The molecule has 2 saturated heterocycles. The van der Waals surface area contributed by atoms with E-state index in [-0.39, 0.29) is 18.0 Å². The minimum Gasteiger partial charge on any atom is -0.455 e. The maximum atomic E-state index is 14.7. The van der Waals surface area contributed by atoms with Gasteiger partial charge in [-0.15, -0.1) is 0 Å². The molecule has 1 saturated carbocycles. The number of esters is 1. The largest absolute Gasteiger partial charge is 0.459 e. The molecule has 17 heteroatoms. The number of benzene rings is 1. The fourth-order valence-corrected chi connectivity index (χ4v) is 7.87. The van der Waals surface area contributed by atoms with Crippen molar-refractivity contribution in [1.82, 2.24) is 24.6 Å². The lowest BCUT2D eigenvalue weighted by Gasteiger charge is -2.37. The molecule has 3 unspecified atom stereocenters. The van der Waals surface area contributed by atoms with Crippen LogP contribution < -0.4 is 15.3 Å². The van der Waals surface area contributed by atoms with E-state index in [4.69, 9.17) is 24.3 Å². The monoisotopic (exact) mass is 652 g/mol. The van der Waals surface area contributed by atoms with Gasteiger partial charge in [0.1, 0.15) is 47.5 Å². The van der Waals surface area contributed by atoms with Gasteiger partial charge in [0.05, 0.1) is 12.2 Å². The van der Waals surface area contributed by atoms with E-state index in [0.717, 1.165) is 0 Å². The van der Waals surface area contributed by atoms with Crippen LogP contribution in [0.15, 0.2) is 48.8 Å². The van der Waals surface area contributed by atoms with Crippen molar-refractivity contribution >= 4 is 25.1 Å². The number of aliphatic hydroxyl groups excluding tert-OH is 1. The molecule has 8 atom stereocenters. The molecule has 1 aromatic carbocycles. The number of halogens is 2. The minimum atomic E-state index is -4.58. The summed E-state index contributed by atoms with van der Waals surface area (Å²) in [5, 5.41) is 29.5. The zero-order valence-corrected chi connectivity index (χ0v) is 25.6. The Morgan fingerprint density at radius 2 is 2.02 bits per heavy atom. The summed E-state index contributed by atoms with van der Waals surface area (Å²) >= 11 is 0. The van der Waals surface area contributed by atoms with Gasteiger partial charge in [0.2, 0.25) is 0 Å². The summed E-state index contributed by atoms with van der Waals surface area (Å²) in [6.45, 7) is 4.71. The molecule has 3 aliphatic rings. The molecule has 45 heavy (non-hydrogen) atoms. The number of alkyl halides is 2. The van der Waals surface area contributed by atoms with Crippen LogP contribution in [0.2, 0.25) is 0 Å². The van der Waals surface area contributed by atoms with Crippen molar-refractivity contribution in [2.24, 2.45) is 0 Å². The first-order chi connectivity index (χ1) is 21.2. The molecule has 0 bridgehead atoms. The predicted octanol–water partition coefficient (Wildman–Crippen LogP) is 2.07. The van der Waals surface area contributed by atoms with Gasteiger partial charge in [0, 0.05) is 13.0 Å². The molecule has 14 nitrogen and oxygen atoms in total. The predicted molar refractivity (Wildman–Crippen MR) is 154 cm³/mol. The number of aromatic nitrogens is 3. The summed E-state index contributed by atoms with van der Waals surface area (Å²) in [7, 11) is -4.58. The van der Waals surface area contributed by atoms with Crippen LogP contribution in [0.25, 0.3) is 5.52 Å². The van der Waals surface area contributed by atoms with Gasteiger partial charge in [-0.2, -0.15) is 10.2 Å². The number of hydrogen-bond donors (Lipinski definition) is 4. The highest BCUT2D eigenvalue weighted by molar-refractivity contribution is 7.52. The van der Waals surface area contributed by atoms with E-state index in [1.165, 1.54) is 36.8 Å². The maximum absolute atomic E-state index is 14.7. The van der Waals surface area contributed by atoms with E-state index in [0.29, 0.717) is 24.3 Å². The number of hydrogen-bond acceptors (Lipinski definition) is 12. The zero-order valence-electron chi connectivity index (χ0n) is 24.7. The number of rotatable bonds is 10. The fourth-order valence-electron chi connectivity index (χ4n) is 6.09. The summed E-state index contributed by atoms with van der Waals surface area (Å²) in [4.78, 5) is 18.5. The first kappa shape index (κ1) is 31.7. The fraction of sp³-hybridized carbons (Fsp3) is 0.536. The van der Waals surface area contributed by atoms with E-state index in [1.54, 1.807) is 42.2 Å². The smallest absolute Gasteiger partial charge is 0.455 e. The second kappa shape index (κ2) is 11.2. The normalized spacial score (nSPS) is 32.9. The van der Waals surface area contributed by atoms with Crippen molar-refractivity contribution in [3.63, 3.8) is 0 Å². The second-order valence-corrected chi connectivity index (χ2v) is 13.3. The van der Waals surface area contributed by atoms with Crippen molar-refractivity contribution in [2.45, 2.75) is 74.8 Å². The Labute approximate surface area is 257 Å². The van der Waals surface area contributed by atoms with Crippen molar-refractivity contribution in [3.05, 3.63) is 54.5 Å². The summed E-state index contributed by atoms with van der Waals surface area (Å²) in [6.07, 6.45) is -4.55. The molecule has 0 spiro atoms. The molecule has 0 radical (unpaired) electrons. The number of fused-ring (bicyclic) bond motifs is 2. The van der Waals surface area contributed by atoms with Crippen molar-refractivity contribution in [1.29, 1.82) is 0 Å². The molecule has 2 aromatic heterocycles. The van der Waals surface area contributed by atoms with Crippen LogP contribution in [0.1, 0.15) is 39.0 Å². The summed E-state index contributed by atoms with van der Waals surface area (Å²) in [5.74, 6) is -4.08. The SMILES string of the molecule is CCN1CCC(OC(=O)[C@H](C)NP(=O)(Oc2ccccc2)OC2[C@@]3(C)O[C@@H](c4ccc5c(N)ncnn45)[C@H](O)[C@@]23O)C(F)(F)C1. The molecule has 0 amide bonds. The highest BCUT2D eigenvalue weighted by atomic mass is 31.2. The Balaban J connectivity index is 1.20. The zero-order chi connectivity index (χ0) is 32.4. The van der Waals surface area contributed by atoms with Gasteiger partial charge in [-0.3, -0.25) is 14.2 Å². The Morgan fingerprint density at radius 3 is 2.67 bits per heavy atom. The molecule has 3 fully saturated rings. The number of nitrogens with zero attached hydrogens (tertiary/aromatic N) is 4. The Hall–Kier alpha value is -3.24. The van der Waals surface area contributed by atoms with Crippen LogP contribution in [0.5, 0.6) is 5.75 Å². The van der Waals surface area contributed by atoms with Gasteiger partial charge in [0.25, 0.3) is 5.92 Å². The molecule has 2 aliphatic heterocycles. The number of nitrogens with one attached hydrogen (secondary N) is 1. The number of nitrogens with two attached hydrogens (primary N) is 1. The van der Waals surface area contributed by atoms with Crippen LogP contribution in [-0.4, -0.2) is 96.8 Å². The van der Waals surface area contributed by atoms with Crippen molar-refractivity contribution < 1.29 is 46.9 Å². The van der Waals surface area contributed by atoms with Crippen LogP contribution in [0, 0.1) is 0 Å². The minimum absolute atomic E-state index is 0.0760. The first-order valence-electron chi connectivity index (χ1n) is 14.5. The Bertz CT molecular complexity index is 1630. The van der Waals surface area contributed by atoms with E-state index in [9.17, 15) is 28.4 Å². The maximum Gasteiger partial charge on any atom is 0.459 e. The van der Waals surface area contributed by atoms with Gasteiger partial charge >= 0.3 is 13.7 Å². The Morgan fingerprint density at radius 1 is 1.29 bits per heavy atom. The molecular formula is C28H35F2N6O8P. The van der Waals surface area contributed by atoms with Crippen LogP contribution in [0.4, 0.5) is 14.6 Å². The van der Waals surface area contributed by atoms with E-state index in [1.807, 2.05) is 0 Å². The van der Waals surface area contributed by atoms with Gasteiger partial charge in [0.15, 0.2) is 17.5 Å². The quantitative estimate of drug-likeness (QED) is 0.185. The highest BCUT2D eigenvalue weighted by Gasteiger charge is 2.87. The van der Waals surface area contributed by atoms with Crippen LogP contribution in [-0.2, 0) is 23.4 Å². The standard InChI is InChI=1S/C28H35F2N6O8P/c1-4-35-13-12-20(27(29,30)14-35)41-24(38)16(2)34-45(40,43-17-8-6-5-7-9-17)44-25-26(3)28(25,39)22(37)21(42-26)18-10-11-19-23(31)32-15-33-36(18)19/h5-11,15-16,20-22,25,37,39H,4,12-14H2,1-3H3,(H,34,40)(H2,31,32,33)/t16-,20?,21-,22-,25?,26+,28+,45?/m0/s1. The Kier molecular flexibility index (Phi) is 7.92. The van der Waals surface area contributed by atoms with Gasteiger partial charge < -0.3 is 29.9 Å². The third-order valence-corrected chi connectivity index (χ3v) is 10.4. The topological polar surface area (TPSA) is 183 Å². The van der Waals surface area contributed by atoms with Crippen LogP contribution in [0.3, 0.4) is 0 Å². The molecule has 1 aliphatic carbocycles. The number of nitrogen functional groups attached to an aromatic ring is 1. The van der Waals surface area contributed by atoms with E-state index >= 15 is 0 Å². The molecule has 3 aromatic rings. The lowest BCUT2D eigenvalue weighted by atomic mass is 10.0. The van der Waals surface area contributed by atoms with Gasteiger partial charge in [-0.1, -0.05) is 25.1 Å². The van der Waals surface area contributed by atoms with E-state index < -0.39 is 67.8 Å². The second-order valence-electron chi connectivity index (χ2n) is 11.7. The number of likely N-dealkylation sites (tertiary alicyclic amines) is 1. The molecule has 5 N–H and O–H groups in total. The average molecular weight is 653 g/mol. The number of para-hydroxylation sites is 1. The van der Waals surface area contributed by atoms with Gasteiger partial charge in [-0.25, -0.2) is 22.8 Å². The molecule has 4 heterocycles. The molecule has 6 rings (SSSR count). The number of aliphatic hydroxyl groups is 2. The number of carbonyl (C=O) groups excluding carboxylic acids is 1. The number of anilines is 1. The number of carbonyl (C=O) groups is 1. The average Bonchev–Trinajstić information content (AvgIpc) is 3.26. The number of piperidine rings is 1. The summed E-state index contributed by atoms with van der Waals surface area (Å²) in [6, 6.07) is 9.71. The summed E-state index contributed by atoms with van der Waals surface area (Å²) < 4.78 is 67.8. The highest BCUT2D eigenvalue weighted by Crippen LogP contribution is 2.68. The summed E-state index contributed by atoms with van der Waals surface area (Å²) in [5.41, 5.74) is 3.13. The first-order valence-corrected chi connectivity index (χ1v) is 16.0.